The van der Waals surface area contributed by atoms with Crippen LogP contribution in [0.15, 0.2) is 0 Å². The third kappa shape index (κ3) is 12.7. The van der Waals surface area contributed by atoms with Gasteiger partial charge in [0.2, 0.25) is 0 Å². The van der Waals surface area contributed by atoms with Gasteiger partial charge in [-0.2, -0.15) is 0 Å². The van der Waals surface area contributed by atoms with Crippen molar-refractivity contribution in [1.82, 2.24) is 0 Å². The topological polar surface area (TPSA) is 57.2 Å². The summed E-state index contributed by atoms with van der Waals surface area (Å²) in [6.07, 6.45) is -4.34. The Hall–Kier alpha value is -0.340. The molecule has 2 atom stereocenters. The van der Waals surface area contributed by atoms with Crippen LogP contribution in [-0.4, -0.2) is 68.4 Å². The van der Waals surface area contributed by atoms with Crippen molar-refractivity contribution < 1.29 is 30.6 Å². The molecule has 0 rings (SSSR count). The van der Waals surface area contributed by atoms with Crippen LogP contribution in [0, 0.1) is 0 Å². The Morgan fingerprint density at radius 2 is 1.35 bits per heavy atom. The maximum absolute atomic E-state index is 12.7. The van der Waals surface area contributed by atoms with Crippen molar-refractivity contribution in [2.75, 3.05) is 38.6 Å². The van der Waals surface area contributed by atoms with Crippen molar-refractivity contribution in [2.45, 2.75) is 59.3 Å². The molecule has 142 valence electrons. The van der Waals surface area contributed by atoms with E-state index in [0.29, 0.717) is 0 Å². The lowest BCUT2D eigenvalue weighted by molar-refractivity contribution is -0.921. The van der Waals surface area contributed by atoms with Gasteiger partial charge in [-0.25, -0.2) is 17.2 Å². The zero-order valence-corrected chi connectivity index (χ0v) is 15.5. The molecule has 0 aromatic heterocycles. The molecule has 0 aromatic carbocycles. The fraction of sp³-hybridized carbons (Fsp3) is 1.00. The third-order valence-corrected chi connectivity index (χ3v) is 5.03. The minimum atomic E-state index is -4.74. The minimum Gasteiger partial charge on any atom is -0.748 e. The average molecular weight is 363 g/mol. The predicted octanol–water partition coefficient (Wildman–Crippen LogP) is 3.23. The van der Waals surface area contributed by atoms with Gasteiger partial charge >= 0.3 is 0 Å². The quantitative estimate of drug-likeness (QED) is 0.322. The Balaban J connectivity index is 0. The van der Waals surface area contributed by atoms with Crippen LogP contribution in [0.1, 0.15) is 47.0 Å². The second-order valence-electron chi connectivity index (χ2n) is 5.55. The highest BCUT2D eigenvalue weighted by Crippen LogP contribution is 2.13. The second kappa shape index (κ2) is 13.0. The maximum atomic E-state index is 12.7. The number of hydrogen-bond donors (Lipinski definition) is 0. The Kier molecular flexibility index (Phi) is 14.1. The van der Waals surface area contributed by atoms with Crippen molar-refractivity contribution in [1.29, 1.82) is 0 Å². The third-order valence-electron chi connectivity index (χ3n) is 4.30. The van der Waals surface area contributed by atoms with Gasteiger partial charge < -0.3 is 9.04 Å². The molecule has 0 radical (unpaired) electrons. The van der Waals surface area contributed by atoms with E-state index < -0.39 is 34.9 Å². The van der Waals surface area contributed by atoms with Gasteiger partial charge in [0.15, 0.2) is 0 Å². The normalized spacial score (nSPS) is 14.8. The summed E-state index contributed by atoms with van der Waals surface area (Å²) in [5.41, 5.74) is 0. The lowest BCUT2D eigenvalue weighted by Crippen LogP contribution is -2.47. The van der Waals surface area contributed by atoms with Crippen LogP contribution < -0.4 is 0 Å². The molecule has 0 N–H and O–H groups in total. The summed E-state index contributed by atoms with van der Waals surface area (Å²) < 4.78 is 68.4. The Morgan fingerprint density at radius 1 is 0.913 bits per heavy atom. The van der Waals surface area contributed by atoms with Crippen molar-refractivity contribution in [3.63, 3.8) is 0 Å². The van der Waals surface area contributed by atoms with Gasteiger partial charge in [0.05, 0.1) is 48.7 Å². The van der Waals surface area contributed by atoms with Crippen molar-refractivity contribution in [3.8, 4) is 0 Å². The number of halogens is 3. The summed E-state index contributed by atoms with van der Waals surface area (Å²) in [5, 5.41) is 0. The molecular weight excluding hydrogens is 331 g/mol. The van der Waals surface area contributed by atoms with E-state index in [1.54, 1.807) is 0 Å². The highest BCUT2D eigenvalue weighted by atomic mass is 32.2. The smallest absolute Gasteiger partial charge is 0.144 e. The Morgan fingerprint density at radius 3 is 1.61 bits per heavy atom. The number of hydrogen-bond acceptors (Lipinski definition) is 3. The molecule has 0 fully saturated rings. The molecule has 0 spiro atoms. The van der Waals surface area contributed by atoms with Crippen molar-refractivity contribution in [2.24, 2.45) is 0 Å². The number of rotatable bonds is 11. The van der Waals surface area contributed by atoms with Crippen LogP contribution >= 0.6 is 0 Å². The van der Waals surface area contributed by atoms with Crippen LogP contribution in [0.2, 0.25) is 0 Å². The van der Waals surface area contributed by atoms with Gasteiger partial charge in [-0.05, 0) is 47.0 Å². The average Bonchev–Trinajstić information content (AvgIpc) is 2.49. The molecule has 0 saturated carbocycles. The first-order valence-electron chi connectivity index (χ1n) is 8.24. The molecule has 0 amide bonds. The first-order chi connectivity index (χ1) is 10.6. The monoisotopic (exact) mass is 363 g/mol. The first-order valence-corrected chi connectivity index (χ1v) is 9.81. The zero-order valence-electron chi connectivity index (χ0n) is 14.7. The first kappa shape index (κ1) is 24.9. The summed E-state index contributed by atoms with van der Waals surface area (Å²) >= 11 is 0. The predicted molar refractivity (Wildman–Crippen MR) is 86.6 cm³/mol. The lowest BCUT2D eigenvalue weighted by atomic mass is 10.1. The van der Waals surface area contributed by atoms with E-state index in [-0.39, 0.29) is 19.3 Å². The molecule has 0 bridgehead atoms. The van der Waals surface area contributed by atoms with Crippen LogP contribution in [0.25, 0.3) is 0 Å². The molecule has 0 aromatic rings. The summed E-state index contributed by atoms with van der Waals surface area (Å²) in [6.45, 7) is 13.6. The van der Waals surface area contributed by atoms with E-state index >= 15 is 0 Å². The SMILES string of the molecule is CC[N+](CC)(CC)CC.O=S(=O)([O-])CC(F)C(F)CCCCF. The molecule has 0 aliphatic heterocycles. The molecule has 2 unspecified atom stereocenters. The molecule has 4 nitrogen and oxygen atoms in total. The molecular formula is C15H32F3NO3S. The van der Waals surface area contributed by atoms with Gasteiger partial charge in [0.1, 0.15) is 12.3 Å². The van der Waals surface area contributed by atoms with E-state index in [2.05, 4.69) is 27.7 Å². The van der Waals surface area contributed by atoms with Gasteiger partial charge in [-0.3, -0.25) is 4.39 Å². The van der Waals surface area contributed by atoms with Crippen molar-refractivity contribution in [3.05, 3.63) is 0 Å². The lowest BCUT2D eigenvalue weighted by Gasteiger charge is -2.34. The Bertz CT molecular complexity index is 359. The van der Waals surface area contributed by atoms with E-state index in [1.807, 2.05) is 0 Å². The molecule has 8 heteroatoms. The van der Waals surface area contributed by atoms with E-state index in [1.165, 1.54) is 30.7 Å². The number of alkyl halides is 3. The van der Waals surface area contributed by atoms with E-state index in [9.17, 15) is 26.1 Å². The summed E-state index contributed by atoms with van der Waals surface area (Å²) in [4.78, 5) is 0. The maximum Gasteiger partial charge on any atom is 0.144 e. The second-order valence-corrected chi connectivity index (χ2v) is 7.00. The number of unbranched alkanes of at least 4 members (excludes halogenated alkanes) is 1. The highest BCUT2D eigenvalue weighted by molar-refractivity contribution is 7.85. The molecule has 0 saturated heterocycles. The molecule has 0 aliphatic carbocycles. The summed E-state index contributed by atoms with van der Waals surface area (Å²) in [5.74, 6) is -1.36. The fourth-order valence-electron chi connectivity index (χ4n) is 2.26. The van der Waals surface area contributed by atoms with Crippen LogP contribution in [0.3, 0.4) is 0 Å². The summed E-state index contributed by atoms with van der Waals surface area (Å²) in [6, 6.07) is 0. The highest BCUT2D eigenvalue weighted by Gasteiger charge is 2.22. The van der Waals surface area contributed by atoms with Gasteiger partial charge in [-0.1, -0.05) is 0 Å². The zero-order chi connectivity index (χ0) is 18.5. The van der Waals surface area contributed by atoms with Gasteiger partial charge in [0, 0.05) is 0 Å². The van der Waals surface area contributed by atoms with Crippen LogP contribution in [-0.2, 0) is 10.1 Å². The van der Waals surface area contributed by atoms with Crippen molar-refractivity contribution >= 4 is 10.1 Å². The number of nitrogens with zero attached hydrogens (tertiary/aromatic N) is 1. The summed E-state index contributed by atoms with van der Waals surface area (Å²) in [7, 11) is -4.74. The van der Waals surface area contributed by atoms with E-state index in [0.717, 1.165) is 0 Å². The molecule has 0 aliphatic rings. The largest absolute Gasteiger partial charge is 0.748 e. The van der Waals surface area contributed by atoms with Crippen LogP contribution in [0.5, 0.6) is 0 Å². The number of quaternary nitrogens is 1. The van der Waals surface area contributed by atoms with E-state index in [4.69, 9.17) is 0 Å². The van der Waals surface area contributed by atoms with Gasteiger partial charge in [0.25, 0.3) is 0 Å². The minimum absolute atomic E-state index is 0.108. The fourth-order valence-corrected chi connectivity index (χ4v) is 2.85. The molecule has 23 heavy (non-hydrogen) atoms. The molecule has 0 heterocycles. The van der Waals surface area contributed by atoms with Gasteiger partial charge in [-0.15, -0.1) is 0 Å². The Labute approximate surface area is 139 Å². The standard InChI is InChI=1S/C8H20N.C7H13F3O3S/c1-5-9(6-2,7-3)8-4;8-4-2-1-3-6(9)7(10)5-14(11,12)13/h5-8H2,1-4H3;6-7H,1-5H2,(H,11,12,13)/q+1;/p-1. The van der Waals surface area contributed by atoms with Crippen LogP contribution in [0.4, 0.5) is 13.2 Å².